The largest absolute Gasteiger partial charge is 0.463 e. The molecule has 2 unspecified atom stereocenters. The molecule has 1 aliphatic rings. The van der Waals surface area contributed by atoms with E-state index in [4.69, 9.17) is 0 Å². The van der Waals surface area contributed by atoms with Crippen molar-refractivity contribution in [3.8, 4) is 0 Å². The fourth-order valence-electron chi connectivity index (χ4n) is 1.82. The molecule has 0 aromatic carbocycles. The maximum absolute atomic E-state index is 11.2. The Balaban J connectivity index is 2.36. The number of hydrogen-bond donors (Lipinski definition) is 1. The molecule has 1 N–H and O–H groups in total. The first-order chi connectivity index (χ1) is 6.63. The number of piperidine rings is 1. The van der Waals surface area contributed by atoms with Gasteiger partial charge in [0.2, 0.25) is 5.78 Å². The van der Waals surface area contributed by atoms with E-state index in [1.165, 1.54) is 7.11 Å². The summed E-state index contributed by atoms with van der Waals surface area (Å²) >= 11 is 0. The van der Waals surface area contributed by atoms with E-state index in [2.05, 4.69) is 17.0 Å². The lowest BCUT2D eigenvalue weighted by molar-refractivity contribution is -0.151. The summed E-state index contributed by atoms with van der Waals surface area (Å²) in [5, 5.41) is 3.30. The lowest BCUT2D eigenvalue weighted by Gasteiger charge is -2.27. The van der Waals surface area contributed by atoms with E-state index >= 15 is 0 Å². The molecule has 0 amide bonds. The molecule has 1 fully saturated rings. The second kappa shape index (κ2) is 5.10. The highest BCUT2D eigenvalue weighted by Gasteiger charge is 2.23. The molecule has 2 atom stereocenters. The van der Waals surface area contributed by atoms with Crippen molar-refractivity contribution in [2.45, 2.75) is 44.7 Å². The third-order valence-corrected chi connectivity index (χ3v) is 2.55. The summed E-state index contributed by atoms with van der Waals surface area (Å²) in [6.45, 7) is 2.09. The van der Waals surface area contributed by atoms with Crippen LogP contribution in [0, 0.1) is 0 Å². The molecule has 0 saturated carbocycles. The van der Waals surface area contributed by atoms with Crippen LogP contribution in [0.5, 0.6) is 0 Å². The van der Waals surface area contributed by atoms with Crippen molar-refractivity contribution >= 4 is 11.8 Å². The predicted octanol–water partition coefficient (Wildman–Crippen LogP) is 0.649. The molecule has 0 radical (unpaired) electrons. The van der Waals surface area contributed by atoms with Crippen LogP contribution in [0.4, 0.5) is 0 Å². The Hall–Kier alpha value is -0.900. The van der Waals surface area contributed by atoms with Gasteiger partial charge in [-0.05, 0) is 19.8 Å². The van der Waals surface area contributed by atoms with E-state index in [1.54, 1.807) is 0 Å². The smallest absolute Gasteiger partial charge is 0.374 e. The van der Waals surface area contributed by atoms with Gasteiger partial charge in [0, 0.05) is 18.5 Å². The van der Waals surface area contributed by atoms with Gasteiger partial charge in [-0.25, -0.2) is 4.79 Å². The van der Waals surface area contributed by atoms with Gasteiger partial charge in [0.1, 0.15) is 0 Å². The zero-order chi connectivity index (χ0) is 10.6. The predicted molar refractivity (Wildman–Crippen MR) is 51.9 cm³/mol. The van der Waals surface area contributed by atoms with Gasteiger partial charge in [0.15, 0.2) is 0 Å². The molecule has 4 nitrogen and oxygen atoms in total. The summed E-state index contributed by atoms with van der Waals surface area (Å²) in [4.78, 5) is 22.1. The molecule has 0 aromatic rings. The quantitative estimate of drug-likeness (QED) is 0.535. The number of methoxy groups -OCH3 is 1. The summed E-state index contributed by atoms with van der Waals surface area (Å²) < 4.78 is 4.36. The van der Waals surface area contributed by atoms with Crippen molar-refractivity contribution in [1.82, 2.24) is 5.32 Å². The average molecular weight is 199 g/mol. The minimum Gasteiger partial charge on any atom is -0.463 e. The Morgan fingerprint density at radius 1 is 1.43 bits per heavy atom. The average Bonchev–Trinajstić information content (AvgIpc) is 2.16. The SMILES string of the molecule is COC(=O)C(=O)CC1CCCC(C)N1. The van der Waals surface area contributed by atoms with Crippen LogP contribution in [-0.2, 0) is 14.3 Å². The van der Waals surface area contributed by atoms with Crippen LogP contribution in [0.3, 0.4) is 0 Å². The minimum absolute atomic E-state index is 0.144. The van der Waals surface area contributed by atoms with Crippen LogP contribution in [0.1, 0.15) is 32.6 Å². The highest BCUT2D eigenvalue weighted by atomic mass is 16.5. The van der Waals surface area contributed by atoms with Crippen LogP contribution in [-0.4, -0.2) is 30.9 Å². The number of esters is 1. The van der Waals surface area contributed by atoms with E-state index in [9.17, 15) is 9.59 Å². The van der Waals surface area contributed by atoms with E-state index < -0.39 is 11.8 Å². The van der Waals surface area contributed by atoms with Gasteiger partial charge < -0.3 is 10.1 Å². The van der Waals surface area contributed by atoms with Gasteiger partial charge >= 0.3 is 5.97 Å². The maximum atomic E-state index is 11.2. The van der Waals surface area contributed by atoms with Gasteiger partial charge in [0.05, 0.1) is 7.11 Å². The molecule has 4 heteroatoms. The van der Waals surface area contributed by atoms with Crippen LogP contribution in [0.15, 0.2) is 0 Å². The standard InChI is InChI=1S/C10H17NO3/c1-7-4-3-5-8(11-7)6-9(12)10(13)14-2/h7-8,11H,3-6H2,1-2H3. The van der Waals surface area contributed by atoms with Gasteiger partial charge in [-0.3, -0.25) is 4.79 Å². The van der Waals surface area contributed by atoms with E-state index in [-0.39, 0.29) is 12.5 Å². The summed E-state index contributed by atoms with van der Waals surface area (Å²) in [7, 11) is 1.23. The number of carbonyl (C=O) groups is 2. The Morgan fingerprint density at radius 2 is 2.14 bits per heavy atom. The zero-order valence-corrected chi connectivity index (χ0v) is 8.71. The Bertz CT molecular complexity index is 227. The van der Waals surface area contributed by atoms with Gasteiger partial charge in [-0.2, -0.15) is 0 Å². The van der Waals surface area contributed by atoms with Gasteiger partial charge in [-0.1, -0.05) is 6.42 Å². The second-order valence-electron chi connectivity index (χ2n) is 3.81. The molecular weight excluding hydrogens is 182 g/mol. The van der Waals surface area contributed by atoms with Gasteiger partial charge in [0.25, 0.3) is 0 Å². The number of ketones is 1. The fourth-order valence-corrected chi connectivity index (χ4v) is 1.82. The third kappa shape index (κ3) is 3.10. The van der Waals surface area contributed by atoms with Crippen molar-refractivity contribution in [3.05, 3.63) is 0 Å². The highest BCUT2D eigenvalue weighted by Crippen LogP contribution is 2.14. The first kappa shape index (κ1) is 11.2. The number of Topliss-reactive ketones (excluding diaryl/α,β-unsaturated/α-hetero) is 1. The number of ether oxygens (including phenoxy) is 1. The summed E-state index contributed by atoms with van der Waals surface area (Å²) in [5.74, 6) is -1.16. The van der Waals surface area contributed by atoms with E-state index in [0.29, 0.717) is 6.04 Å². The van der Waals surface area contributed by atoms with Crippen LogP contribution < -0.4 is 5.32 Å². The van der Waals surface area contributed by atoms with Crippen LogP contribution in [0.25, 0.3) is 0 Å². The van der Waals surface area contributed by atoms with Crippen molar-refractivity contribution in [3.63, 3.8) is 0 Å². The molecule has 1 heterocycles. The molecule has 1 rings (SSSR count). The van der Waals surface area contributed by atoms with Crippen molar-refractivity contribution < 1.29 is 14.3 Å². The van der Waals surface area contributed by atoms with E-state index in [0.717, 1.165) is 19.3 Å². The molecule has 1 aliphatic heterocycles. The topological polar surface area (TPSA) is 55.4 Å². The first-order valence-electron chi connectivity index (χ1n) is 5.00. The molecule has 0 aliphatic carbocycles. The van der Waals surface area contributed by atoms with Gasteiger partial charge in [-0.15, -0.1) is 0 Å². The monoisotopic (exact) mass is 199 g/mol. The van der Waals surface area contributed by atoms with E-state index in [1.807, 2.05) is 0 Å². The van der Waals surface area contributed by atoms with Crippen molar-refractivity contribution in [2.75, 3.05) is 7.11 Å². The fraction of sp³-hybridized carbons (Fsp3) is 0.800. The molecule has 14 heavy (non-hydrogen) atoms. The van der Waals surface area contributed by atoms with Crippen LogP contribution in [0.2, 0.25) is 0 Å². The second-order valence-corrected chi connectivity index (χ2v) is 3.81. The van der Waals surface area contributed by atoms with Crippen molar-refractivity contribution in [2.24, 2.45) is 0 Å². The summed E-state index contributed by atoms with van der Waals surface area (Å²) in [6.07, 6.45) is 3.49. The normalized spacial score (nSPS) is 27.0. The summed E-state index contributed by atoms with van der Waals surface area (Å²) in [5.41, 5.74) is 0. The summed E-state index contributed by atoms with van der Waals surface area (Å²) in [6, 6.07) is 0.588. The van der Waals surface area contributed by atoms with Crippen molar-refractivity contribution in [1.29, 1.82) is 0 Å². The minimum atomic E-state index is -0.731. The maximum Gasteiger partial charge on any atom is 0.374 e. The third-order valence-electron chi connectivity index (χ3n) is 2.55. The zero-order valence-electron chi connectivity index (χ0n) is 8.71. The lowest BCUT2D eigenvalue weighted by atomic mass is 9.96. The number of hydrogen-bond acceptors (Lipinski definition) is 4. The molecular formula is C10H17NO3. The Morgan fingerprint density at radius 3 is 2.71 bits per heavy atom. The lowest BCUT2D eigenvalue weighted by Crippen LogP contribution is -2.42. The Labute approximate surface area is 84.0 Å². The molecule has 0 aromatic heterocycles. The van der Waals surface area contributed by atoms with Crippen LogP contribution >= 0.6 is 0 Å². The Kier molecular flexibility index (Phi) is 4.07. The molecule has 80 valence electrons. The number of rotatable bonds is 3. The molecule has 0 bridgehead atoms. The first-order valence-corrected chi connectivity index (χ1v) is 5.00. The molecule has 1 saturated heterocycles. The number of carbonyl (C=O) groups excluding carboxylic acids is 2. The highest BCUT2D eigenvalue weighted by molar-refractivity contribution is 6.33. The molecule has 0 spiro atoms. The number of nitrogens with one attached hydrogen (secondary N) is 1.